The molecule has 0 radical (unpaired) electrons. The predicted octanol–water partition coefficient (Wildman–Crippen LogP) is 3.04. The van der Waals surface area contributed by atoms with E-state index < -0.39 is 0 Å². The molecule has 1 aromatic carbocycles. The molecule has 0 bridgehead atoms. The number of benzene rings is 1. The first-order valence-corrected chi connectivity index (χ1v) is 10.1. The van der Waals surface area contributed by atoms with Gasteiger partial charge >= 0.3 is 0 Å². The Morgan fingerprint density at radius 2 is 2.14 bits per heavy atom. The molecule has 28 heavy (non-hydrogen) atoms. The Hall–Kier alpha value is -1.06. The summed E-state index contributed by atoms with van der Waals surface area (Å²) in [6, 6.07) is 6.35. The molecule has 1 heterocycles. The van der Waals surface area contributed by atoms with Crippen molar-refractivity contribution >= 4 is 29.9 Å². The van der Waals surface area contributed by atoms with Gasteiger partial charge in [0, 0.05) is 31.2 Å². The van der Waals surface area contributed by atoms with Gasteiger partial charge in [0.1, 0.15) is 5.75 Å². The van der Waals surface area contributed by atoms with E-state index in [1.54, 1.807) is 0 Å². The third-order valence-corrected chi connectivity index (χ3v) is 4.55. The second-order valence-electron chi connectivity index (χ2n) is 7.43. The summed E-state index contributed by atoms with van der Waals surface area (Å²) in [6.07, 6.45) is 2.17. The summed E-state index contributed by atoms with van der Waals surface area (Å²) in [5, 5.41) is 6.73. The van der Waals surface area contributed by atoms with E-state index in [9.17, 15) is 0 Å². The number of nitrogens with zero attached hydrogens (tertiary/aromatic N) is 2. The average Bonchev–Trinajstić information content (AvgIpc) is 3.15. The predicted molar refractivity (Wildman–Crippen MR) is 127 cm³/mol. The molecule has 0 amide bonds. The SMILES string of the molecule is CCNC(=NCc1ccc(C)cc1OCC1CCOC1)NCCCN(C)C.I. The van der Waals surface area contributed by atoms with Gasteiger partial charge in [0.2, 0.25) is 0 Å². The number of hydrogen-bond acceptors (Lipinski definition) is 4. The minimum absolute atomic E-state index is 0. The lowest BCUT2D eigenvalue weighted by Crippen LogP contribution is -2.38. The van der Waals surface area contributed by atoms with Gasteiger partial charge in [0.25, 0.3) is 0 Å². The van der Waals surface area contributed by atoms with Crippen molar-refractivity contribution in [3.05, 3.63) is 29.3 Å². The standard InChI is InChI=1S/C21H36N4O2.HI/c1-5-22-21(23-10-6-11-25(3)4)24-14-19-8-7-17(2)13-20(19)27-16-18-9-12-26-15-18;/h7-8,13,18H,5-6,9-12,14-16H2,1-4H3,(H2,22,23,24);1H. The Morgan fingerprint density at radius 1 is 1.32 bits per heavy atom. The van der Waals surface area contributed by atoms with E-state index in [2.05, 4.69) is 61.7 Å². The van der Waals surface area contributed by atoms with Crippen molar-refractivity contribution in [3.8, 4) is 5.75 Å². The fourth-order valence-electron chi connectivity index (χ4n) is 2.96. The van der Waals surface area contributed by atoms with Crippen LogP contribution in [-0.2, 0) is 11.3 Å². The van der Waals surface area contributed by atoms with E-state index >= 15 is 0 Å². The molecule has 1 fully saturated rings. The van der Waals surface area contributed by atoms with Gasteiger partial charge in [-0.25, -0.2) is 4.99 Å². The van der Waals surface area contributed by atoms with Crippen LogP contribution in [0.1, 0.15) is 30.9 Å². The lowest BCUT2D eigenvalue weighted by Gasteiger charge is -2.15. The molecule has 2 rings (SSSR count). The van der Waals surface area contributed by atoms with Gasteiger partial charge in [-0.2, -0.15) is 0 Å². The number of nitrogens with one attached hydrogen (secondary N) is 2. The van der Waals surface area contributed by atoms with Gasteiger partial charge < -0.3 is 25.0 Å². The lowest BCUT2D eigenvalue weighted by atomic mass is 10.1. The maximum Gasteiger partial charge on any atom is 0.191 e. The van der Waals surface area contributed by atoms with Crippen molar-refractivity contribution in [2.45, 2.75) is 33.2 Å². The van der Waals surface area contributed by atoms with Crippen LogP contribution in [0.2, 0.25) is 0 Å². The molecule has 1 aromatic rings. The monoisotopic (exact) mass is 504 g/mol. The summed E-state index contributed by atoms with van der Waals surface area (Å²) in [4.78, 5) is 6.94. The molecular formula is C21H37IN4O2. The Labute approximate surface area is 187 Å². The summed E-state index contributed by atoms with van der Waals surface area (Å²) < 4.78 is 11.6. The van der Waals surface area contributed by atoms with Crippen molar-refractivity contribution in [1.82, 2.24) is 15.5 Å². The number of aryl methyl sites for hydroxylation is 1. The molecule has 6 nitrogen and oxygen atoms in total. The van der Waals surface area contributed by atoms with E-state index in [0.29, 0.717) is 19.1 Å². The number of guanidine groups is 1. The van der Waals surface area contributed by atoms with Crippen LogP contribution in [0, 0.1) is 12.8 Å². The summed E-state index contributed by atoms with van der Waals surface area (Å²) in [7, 11) is 4.19. The second-order valence-corrected chi connectivity index (χ2v) is 7.43. The molecule has 0 spiro atoms. The Bertz CT molecular complexity index is 590. The van der Waals surface area contributed by atoms with Gasteiger partial charge in [0.05, 0.1) is 19.8 Å². The molecule has 0 aromatic heterocycles. The zero-order chi connectivity index (χ0) is 19.5. The quantitative estimate of drug-likeness (QED) is 0.222. The van der Waals surface area contributed by atoms with Crippen LogP contribution in [0.5, 0.6) is 5.75 Å². The number of aliphatic imine (C=N–C) groups is 1. The van der Waals surface area contributed by atoms with E-state index in [-0.39, 0.29) is 24.0 Å². The summed E-state index contributed by atoms with van der Waals surface area (Å²) in [6.45, 7) is 9.96. The van der Waals surface area contributed by atoms with Crippen LogP contribution >= 0.6 is 24.0 Å². The first kappa shape index (κ1) is 25.0. The van der Waals surface area contributed by atoms with Crippen molar-refractivity contribution in [2.75, 3.05) is 53.6 Å². The molecule has 2 N–H and O–H groups in total. The number of ether oxygens (including phenoxy) is 2. The largest absolute Gasteiger partial charge is 0.493 e. The minimum Gasteiger partial charge on any atom is -0.493 e. The molecular weight excluding hydrogens is 467 g/mol. The minimum atomic E-state index is 0. The third kappa shape index (κ3) is 9.43. The van der Waals surface area contributed by atoms with E-state index in [4.69, 9.17) is 14.5 Å². The van der Waals surface area contributed by atoms with E-state index in [1.807, 2.05) is 0 Å². The van der Waals surface area contributed by atoms with Crippen molar-refractivity contribution in [1.29, 1.82) is 0 Å². The zero-order valence-corrected chi connectivity index (χ0v) is 20.1. The van der Waals surface area contributed by atoms with Gasteiger partial charge in [-0.15, -0.1) is 24.0 Å². The van der Waals surface area contributed by atoms with Crippen LogP contribution in [0.4, 0.5) is 0 Å². The zero-order valence-electron chi connectivity index (χ0n) is 17.8. The van der Waals surface area contributed by atoms with Crippen LogP contribution in [-0.4, -0.2) is 64.4 Å². The van der Waals surface area contributed by atoms with Gasteiger partial charge in [0.15, 0.2) is 5.96 Å². The highest BCUT2D eigenvalue weighted by molar-refractivity contribution is 14.0. The lowest BCUT2D eigenvalue weighted by molar-refractivity contribution is 0.166. The molecule has 1 aliphatic heterocycles. The highest BCUT2D eigenvalue weighted by atomic mass is 127. The van der Waals surface area contributed by atoms with Gasteiger partial charge in [-0.05, 0) is 59.0 Å². The first-order valence-electron chi connectivity index (χ1n) is 10.1. The summed E-state index contributed by atoms with van der Waals surface area (Å²) in [5.41, 5.74) is 2.32. The van der Waals surface area contributed by atoms with E-state index in [0.717, 1.165) is 63.0 Å². The molecule has 1 unspecified atom stereocenters. The summed E-state index contributed by atoms with van der Waals surface area (Å²) in [5.74, 6) is 2.29. The molecule has 1 aliphatic rings. The average molecular weight is 504 g/mol. The van der Waals surface area contributed by atoms with Crippen molar-refractivity contribution < 1.29 is 9.47 Å². The first-order chi connectivity index (χ1) is 13.1. The van der Waals surface area contributed by atoms with Gasteiger partial charge in [-0.1, -0.05) is 12.1 Å². The normalized spacial score (nSPS) is 16.8. The van der Waals surface area contributed by atoms with Crippen LogP contribution in [0.3, 0.4) is 0 Å². The third-order valence-electron chi connectivity index (χ3n) is 4.55. The number of hydrogen-bond donors (Lipinski definition) is 2. The Balaban J connectivity index is 0.00000392. The molecule has 0 aliphatic carbocycles. The van der Waals surface area contributed by atoms with Crippen molar-refractivity contribution in [2.24, 2.45) is 10.9 Å². The molecule has 0 saturated carbocycles. The maximum absolute atomic E-state index is 6.12. The summed E-state index contributed by atoms with van der Waals surface area (Å²) >= 11 is 0. The highest BCUT2D eigenvalue weighted by Gasteiger charge is 2.17. The molecule has 1 saturated heterocycles. The van der Waals surface area contributed by atoms with Crippen molar-refractivity contribution in [3.63, 3.8) is 0 Å². The van der Waals surface area contributed by atoms with E-state index in [1.165, 1.54) is 5.56 Å². The fourth-order valence-corrected chi connectivity index (χ4v) is 2.96. The smallest absolute Gasteiger partial charge is 0.191 e. The fraction of sp³-hybridized carbons (Fsp3) is 0.667. The van der Waals surface area contributed by atoms with Crippen LogP contribution in [0.25, 0.3) is 0 Å². The number of rotatable bonds is 10. The Kier molecular flexibility index (Phi) is 12.5. The molecule has 1 atom stereocenters. The van der Waals surface area contributed by atoms with Crippen LogP contribution in [0.15, 0.2) is 23.2 Å². The van der Waals surface area contributed by atoms with Crippen LogP contribution < -0.4 is 15.4 Å². The molecule has 7 heteroatoms. The van der Waals surface area contributed by atoms with Gasteiger partial charge in [-0.3, -0.25) is 0 Å². The molecule has 160 valence electrons. The topological polar surface area (TPSA) is 58.1 Å². The highest BCUT2D eigenvalue weighted by Crippen LogP contribution is 2.23. The second kappa shape index (κ2) is 14.0. The Morgan fingerprint density at radius 3 is 2.82 bits per heavy atom. The maximum atomic E-state index is 6.12. The number of halogens is 1.